The van der Waals surface area contributed by atoms with Crippen LogP contribution in [0, 0.1) is 0 Å². The predicted molar refractivity (Wildman–Crippen MR) is 93.9 cm³/mol. The molecule has 0 spiro atoms. The van der Waals surface area contributed by atoms with Gasteiger partial charge in [-0.3, -0.25) is 10.6 Å². The van der Waals surface area contributed by atoms with Crippen LogP contribution in [0.5, 0.6) is 11.5 Å². The van der Waals surface area contributed by atoms with E-state index >= 15 is 0 Å². The molecule has 0 radical (unpaired) electrons. The minimum absolute atomic E-state index is 0.0765. The van der Waals surface area contributed by atoms with Crippen molar-refractivity contribution in [3.8, 4) is 11.5 Å². The molecule has 0 saturated carbocycles. The Morgan fingerprint density at radius 3 is 2.26 bits per heavy atom. The first-order valence-corrected chi connectivity index (χ1v) is 7.84. The highest BCUT2D eigenvalue weighted by Gasteiger charge is 2.29. The molecule has 0 saturated heterocycles. The van der Waals surface area contributed by atoms with Gasteiger partial charge in [-0.2, -0.15) is 13.2 Å². The number of allylic oxidation sites excluding steroid dienone is 3. The number of nitrogens with two attached hydrogens (primary N) is 1. The molecule has 0 fully saturated rings. The standard InChI is InChI=1S/C12H8O3.C7H7F3N2/c13-10-3-2-9(10)5-8-1-4-11-12(6-8)15-7-14-11;8-7(9,10)5-1-3-6(12-11)4-2-5/h1-6H,7H2;1-4,12H,11H2. The third-order valence-electron chi connectivity index (χ3n) is 3.80. The van der Waals surface area contributed by atoms with Crippen LogP contribution in [0.3, 0.4) is 0 Å². The number of nitrogens with one attached hydrogen (secondary N) is 1. The molecule has 0 bridgehead atoms. The fourth-order valence-corrected chi connectivity index (χ4v) is 2.30. The Morgan fingerprint density at radius 1 is 1.00 bits per heavy atom. The van der Waals surface area contributed by atoms with Gasteiger partial charge in [-0.25, -0.2) is 0 Å². The maximum Gasteiger partial charge on any atom is 0.416 e. The maximum absolute atomic E-state index is 12.0. The third-order valence-corrected chi connectivity index (χ3v) is 3.80. The van der Waals surface area contributed by atoms with Gasteiger partial charge in [0.15, 0.2) is 17.3 Å². The average Bonchev–Trinajstić information content (AvgIpc) is 3.12. The zero-order valence-electron chi connectivity index (χ0n) is 13.9. The number of ketones is 1. The van der Waals surface area contributed by atoms with E-state index in [9.17, 15) is 18.0 Å². The van der Waals surface area contributed by atoms with Crippen LogP contribution in [0.2, 0.25) is 0 Å². The monoisotopic (exact) mass is 376 g/mol. The summed E-state index contributed by atoms with van der Waals surface area (Å²) in [4.78, 5) is 11.1. The topological polar surface area (TPSA) is 73.6 Å². The van der Waals surface area contributed by atoms with Crippen molar-refractivity contribution in [1.29, 1.82) is 0 Å². The van der Waals surface area contributed by atoms with E-state index in [4.69, 9.17) is 15.3 Å². The van der Waals surface area contributed by atoms with E-state index in [2.05, 4.69) is 5.43 Å². The molecule has 2 aliphatic rings. The molecule has 140 valence electrons. The van der Waals surface area contributed by atoms with E-state index in [1.807, 2.05) is 24.3 Å². The van der Waals surface area contributed by atoms with Crippen LogP contribution in [0.1, 0.15) is 11.1 Å². The van der Waals surface area contributed by atoms with Crippen LogP contribution in [0.15, 0.2) is 60.2 Å². The highest BCUT2D eigenvalue weighted by atomic mass is 19.4. The molecule has 4 rings (SSSR count). The van der Waals surface area contributed by atoms with Crippen LogP contribution >= 0.6 is 0 Å². The molecule has 3 N–H and O–H groups in total. The summed E-state index contributed by atoms with van der Waals surface area (Å²) in [5, 5.41) is 0. The Bertz CT molecular complexity index is 903. The van der Waals surface area contributed by atoms with E-state index < -0.39 is 11.7 Å². The first kappa shape index (κ1) is 18.5. The largest absolute Gasteiger partial charge is 0.454 e. The minimum Gasteiger partial charge on any atom is -0.454 e. The molecule has 1 aliphatic heterocycles. The van der Waals surface area contributed by atoms with E-state index in [0.717, 1.165) is 34.8 Å². The number of fused-ring (bicyclic) bond motifs is 1. The number of hydrazine groups is 1. The highest BCUT2D eigenvalue weighted by molar-refractivity contribution is 6.16. The second-order valence-electron chi connectivity index (χ2n) is 5.63. The summed E-state index contributed by atoms with van der Waals surface area (Å²) >= 11 is 0. The normalized spacial score (nSPS) is 15.9. The van der Waals surface area contributed by atoms with Gasteiger partial charge in [-0.15, -0.1) is 0 Å². The lowest BCUT2D eigenvalue weighted by Crippen LogP contribution is -2.08. The number of ether oxygens (including phenoxy) is 2. The zero-order chi connectivity index (χ0) is 19.4. The van der Waals surface area contributed by atoms with Gasteiger partial charge in [0.1, 0.15) is 0 Å². The van der Waals surface area contributed by atoms with Crippen LogP contribution < -0.4 is 20.7 Å². The lowest BCUT2D eigenvalue weighted by atomic mass is 9.98. The molecule has 0 aromatic heterocycles. The second-order valence-corrected chi connectivity index (χ2v) is 5.63. The van der Waals surface area contributed by atoms with Crippen molar-refractivity contribution in [3.05, 3.63) is 71.3 Å². The lowest BCUT2D eigenvalue weighted by molar-refractivity contribution is -0.137. The molecule has 1 aliphatic carbocycles. The fraction of sp³-hybridized carbons (Fsp3) is 0.105. The molecule has 5 nitrogen and oxygen atoms in total. The molecule has 2 aromatic carbocycles. The quantitative estimate of drug-likeness (QED) is 0.472. The van der Waals surface area contributed by atoms with E-state index in [-0.39, 0.29) is 12.6 Å². The Kier molecular flexibility index (Phi) is 5.18. The van der Waals surface area contributed by atoms with Gasteiger partial charge < -0.3 is 14.9 Å². The molecule has 0 atom stereocenters. The summed E-state index contributed by atoms with van der Waals surface area (Å²) < 4.78 is 46.4. The number of benzene rings is 2. The van der Waals surface area contributed by atoms with Gasteiger partial charge in [0.2, 0.25) is 6.79 Å². The minimum atomic E-state index is -4.28. The molecule has 8 heteroatoms. The predicted octanol–water partition coefficient (Wildman–Crippen LogP) is 3.93. The van der Waals surface area contributed by atoms with Crippen molar-refractivity contribution >= 4 is 17.5 Å². The van der Waals surface area contributed by atoms with Crippen molar-refractivity contribution in [2.24, 2.45) is 5.84 Å². The molecule has 0 unspecified atom stereocenters. The van der Waals surface area contributed by atoms with Gasteiger partial charge >= 0.3 is 6.18 Å². The lowest BCUT2D eigenvalue weighted by Gasteiger charge is -2.06. The maximum atomic E-state index is 12.0. The number of alkyl halides is 3. The second kappa shape index (κ2) is 7.55. The summed E-state index contributed by atoms with van der Waals surface area (Å²) in [6.45, 7) is 0.272. The molecule has 2 aromatic rings. The van der Waals surface area contributed by atoms with Crippen molar-refractivity contribution in [2.45, 2.75) is 6.18 Å². The first-order chi connectivity index (χ1) is 12.9. The zero-order valence-corrected chi connectivity index (χ0v) is 13.9. The van der Waals surface area contributed by atoms with Crippen LogP contribution in [0.25, 0.3) is 6.08 Å². The van der Waals surface area contributed by atoms with Crippen LogP contribution in [-0.2, 0) is 11.0 Å². The fourth-order valence-electron chi connectivity index (χ4n) is 2.30. The average molecular weight is 376 g/mol. The van der Waals surface area contributed by atoms with Gasteiger partial charge in [-0.05, 0) is 60.2 Å². The van der Waals surface area contributed by atoms with Gasteiger partial charge in [-0.1, -0.05) is 6.07 Å². The summed E-state index contributed by atoms with van der Waals surface area (Å²) in [5.74, 6) is 6.55. The van der Waals surface area contributed by atoms with Crippen molar-refractivity contribution < 1.29 is 27.4 Å². The molecule has 1 heterocycles. The van der Waals surface area contributed by atoms with Gasteiger partial charge in [0.25, 0.3) is 0 Å². The molecule has 27 heavy (non-hydrogen) atoms. The number of hydrogen-bond acceptors (Lipinski definition) is 5. The summed E-state index contributed by atoms with van der Waals surface area (Å²) in [6, 6.07) is 10.1. The van der Waals surface area contributed by atoms with Gasteiger partial charge in [0.05, 0.1) is 5.56 Å². The van der Waals surface area contributed by atoms with Crippen molar-refractivity contribution in [2.75, 3.05) is 12.2 Å². The Hall–Kier alpha value is -3.26. The van der Waals surface area contributed by atoms with Crippen molar-refractivity contribution in [1.82, 2.24) is 0 Å². The smallest absolute Gasteiger partial charge is 0.416 e. The Morgan fingerprint density at radius 2 is 1.70 bits per heavy atom. The summed E-state index contributed by atoms with van der Waals surface area (Å²) in [7, 11) is 0. The van der Waals surface area contributed by atoms with Crippen LogP contribution in [0.4, 0.5) is 18.9 Å². The Balaban J connectivity index is 0.000000161. The number of hydrogen-bond donors (Lipinski definition) is 2. The van der Waals surface area contributed by atoms with E-state index in [1.165, 1.54) is 12.1 Å². The third kappa shape index (κ3) is 4.48. The Labute approximate surface area is 152 Å². The number of rotatable bonds is 2. The van der Waals surface area contributed by atoms with E-state index in [0.29, 0.717) is 5.69 Å². The first-order valence-electron chi connectivity index (χ1n) is 7.84. The molecule has 0 amide bonds. The highest BCUT2D eigenvalue weighted by Crippen LogP contribution is 2.33. The number of anilines is 1. The number of carbonyl (C=O) groups is 1. The number of halogens is 3. The van der Waals surface area contributed by atoms with Crippen LogP contribution in [-0.4, -0.2) is 12.6 Å². The van der Waals surface area contributed by atoms with Crippen molar-refractivity contribution in [3.63, 3.8) is 0 Å². The molecular formula is C19H15F3N2O3. The summed E-state index contributed by atoms with van der Waals surface area (Å²) in [6.07, 6.45) is 0.906. The molecular weight excluding hydrogens is 361 g/mol. The number of carbonyl (C=O) groups excluding carboxylic acids is 1. The SMILES string of the molecule is NNc1ccc(C(F)(F)F)cc1.O=C1C=CC1=Cc1ccc2c(c1)OCO2. The summed E-state index contributed by atoms with van der Waals surface area (Å²) in [5.41, 5.74) is 3.69. The van der Waals surface area contributed by atoms with Gasteiger partial charge in [0, 0.05) is 11.3 Å². The number of nitrogen functional groups attached to an aromatic ring is 1. The van der Waals surface area contributed by atoms with E-state index in [1.54, 1.807) is 12.2 Å².